The number of hydrogen-bond acceptors (Lipinski definition) is 8. The van der Waals surface area contributed by atoms with Gasteiger partial charge in [0.1, 0.15) is 18.9 Å². The lowest BCUT2D eigenvalue weighted by Crippen LogP contribution is -3.06. The van der Waals surface area contributed by atoms with E-state index in [4.69, 9.17) is 14.9 Å². The minimum absolute atomic E-state index is 0.447. The lowest BCUT2D eigenvalue weighted by Gasteiger charge is -2.18. The SMILES string of the molecule is C[NH+](C)CCOC1=C(CC[NH+](C)C)c2ccccc2Sc2ccccc21.O=C([O-])/C=C\C(=O)O.O=C([O-])/C=C\C(=O)O. The summed E-state index contributed by atoms with van der Waals surface area (Å²) >= 11 is 1.85. The monoisotopic (exact) mass is 600 g/mol. The fourth-order valence-corrected chi connectivity index (χ4v) is 4.48. The quantitative estimate of drug-likeness (QED) is 0.222. The van der Waals surface area contributed by atoms with Gasteiger partial charge in [-0.2, -0.15) is 0 Å². The number of ether oxygens (including phenoxy) is 1. The minimum atomic E-state index is -1.51. The summed E-state index contributed by atoms with van der Waals surface area (Å²) in [4.78, 5) is 43.4. The fourth-order valence-electron chi connectivity index (χ4n) is 3.38. The van der Waals surface area contributed by atoms with Crippen molar-refractivity contribution in [2.24, 2.45) is 0 Å². The number of carbonyl (C=O) groups excluding carboxylic acids is 2. The van der Waals surface area contributed by atoms with Crippen LogP contribution in [0.25, 0.3) is 11.3 Å². The Morgan fingerprint density at radius 3 is 1.62 bits per heavy atom. The second-order valence-corrected chi connectivity index (χ2v) is 10.5. The molecule has 0 radical (unpaired) electrons. The summed E-state index contributed by atoms with van der Waals surface area (Å²) in [7, 11) is 8.75. The van der Waals surface area contributed by atoms with Gasteiger partial charge in [0, 0.05) is 39.5 Å². The Hall–Kier alpha value is -4.39. The molecular weight excluding hydrogens is 564 g/mol. The van der Waals surface area contributed by atoms with Gasteiger partial charge in [-0.3, -0.25) is 0 Å². The number of quaternary nitrogens is 2. The molecule has 0 saturated carbocycles. The van der Waals surface area contributed by atoms with Gasteiger partial charge < -0.3 is 44.6 Å². The van der Waals surface area contributed by atoms with E-state index in [2.05, 4.69) is 76.7 Å². The van der Waals surface area contributed by atoms with Gasteiger partial charge in [-0.05, 0) is 29.8 Å². The van der Waals surface area contributed by atoms with Gasteiger partial charge in [0.25, 0.3) is 0 Å². The van der Waals surface area contributed by atoms with E-state index in [0.29, 0.717) is 24.3 Å². The third kappa shape index (κ3) is 14.3. The molecule has 4 N–H and O–H groups in total. The summed E-state index contributed by atoms with van der Waals surface area (Å²) in [5, 5.41) is 34.5. The number of carbonyl (C=O) groups is 4. The Balaban J connectivity index is 0.000000454. The van der Waals surface area contributed by atoms with E-state index in [1.807, 2.05) is 11.8 Å². The number of likely N-dealkylation sites (N-methyl/N-ethyl adjacent to an activating group) is 1. The molecule has 0 unspecified atom stereocenters. The van der Waals surface area contributed by atoms with Crippen molar-refractivity contribution >= 4 is 47.0 Å². The van der Waals surface area contributed by atoms with Gasteiger partial charge in [-0.25, -0.2) is 9.59 Å². The molecule has 42 heavy (non-hydrogen) atoms. The van der Waals surface area contributed by atoms with E-state index < -0.39 is 23.9 Å². The molecule has 0 bridgehead atoms. The van der Waals surface area contributed by atoms with Gasteiger partial charge in [0.2, 0.25) is 0 Å². The highest BCUT2D eigenvalue weighted by Gasteiger charge is 2.24. The molecule has 12 heteroatoms. The Morgan fingerprint density at radius 2 is 1.19 bits per heavy atom. The molecule has 0 amide bonds. The third-order valence-electron chi connectivity index (χ3n) is 5.29. The summed E-state index contributed by atoms with van der Waals surface area (Å²) in [5.41, 5.74) is 3.89. The molecule has 226 valence electrons. The van der Waals surface area contributed by atoms with Gasteiger partial charge in [-0.1, -0.05) is 48.2 Å². The van der Waals surface area contributed by atoms with Gasteiger partial charge in [0.15, 0.2) is 0 Å². The molecule has 0 fully saturated rings. The van der Waals surface area contributed by atoms with Crippen LogP contribution in [0.5, 0.6) is 0 Å². The van der Waals surface area contributed by atoms with Gasteiger partial charge >= 0.3 is 11.9 Å². The molecule has 0 spiro atoms. The number of aliphatic carboxylic acids is 4. The molecule has 0 saturated heterocycles. The standard InChI is InChI=1S/C22H28N2OS.2C4H4O4/c1-23(2)14-13-18-17-9-5-7-11-20(17)26-21-12-8-6-10-19(21)22(18)25-16-15-24(3)4;2*5-3(6)1-2-4(7)8/h5-12H,13-16H2,1-4H3;2*1-2H,(H,5,6)(H,7,8)/b;2*2-1-. The Kier molecular flexibility index (Phi) is 16.0. The van der Waals surface area contributed by atoms with Crippen LogP contribution < -0.4 is 20.0 Å². The second kappa shape index (κ2) is 18.9. The van der Waals surface area contributed by atoms with Crippen LogP contribution in [-0.4, -0.2) is 82.0 Å². The zero-order chi connectivity index (χ0) is 31.7. The first-order valence-electron chi connectivity index (χ1n) is 12.9. The smallest absolute Gasteiger partial charge is 0.328 e. The molecule has 2 aromatic carbocycles. The van der Waals surface area contributed by atoms with Crippen molar-refractivity contribution in [1.82, 2.24) is 0 Å². The molecule has 3 rings (SSSR count). The minimum Gasteiger partial charge on any atom is -0.545 e. The molecule has 1 aliphatic heterocycles. The molecule has 0 aliphatic carbocycles. The molecule has 11 nitrogen and oxygen atoms in total. The zero-order valence-electron chi connectivity index (χ0n) is 23.9. The van der Waals surface area contributed by atoms with E-state index >= 15 is 0 Å². The fraction of sp³-hybridized carbons (Fsp3) is 0.267. The second-order valence-electron chi connectivity index (χ2n) is 9.40. The maximum atomic E-state index is 9.53. The molecule has 0 aromatic heterocycles. The highest BCUT2D eigenvalue weighted by Crippen LogP contribution is 2.45. The number of carboxylic acids is 4. The van der Waals surface area contributed by atoms with Crippen LogP contribution in [0.15, 0.2) is 82.6 Å². The largest absolute Gasteiger partial charge is 0.545 e. The summed E-state index contributed by atoms with van der Waals surface area (Å²) in [5.74, 6) is -4.54. The van der Waals surface area contributed by atoms with Crippen LogP contribution in [0.1, 0.15) is 17.5 Å². The van der Waals surface area contributed by atoms with Crippen molar-refractivity contribution in [2.45, 2.75) is 16.2 Å². The van der Waals surface area contributed by atoms with Crippen molar-refractivity contribution in [3.05, 3.63) is 84.0 Å². The van der Waals surface area contributed by atoms with Crippen molar-refractivity contribution in [2.75, 3.05) is 47.9 Å². The summed E-state index contributed by atoms with van der Waals surface area (Å²) in [6, 6.07) is 17.4. The maximum absolute atomic E-state index is 9.53. The summed E-state index contributed by atoms with van der Waals surface area (Å²) in [6.45, 7) is 2.81. The first-order chi connectivity index (χ1) is 19.8. The van der Waals surface area contributed by atoms with Gasteiger partial charge in [0.05, 0.1) is 46.7 Å². The van der Waals surface area contributed by atoms with Crippen molar-refractivity contribution in [1.29, 1.82) is 0 Å². The number of fused-ring (bicyclic) bond motifs is 2. The van der Waals surface area contributed by atoms with E-state index in [9.17, 15) is 29.4 Å². The summed E-state index contributed by atoms with van der Waals surface area (Å²) < 4.78 is 6.44. The van der Waals surface area contributed by atoms with Crippen molar-refractivity contribution in [3.8, 4) is 0 Å². The summed E-state index contributed by atoms with van der Waals surface area (Å²) in [6.07, 6.45) is 2.90. The van der Waals surface area contributed by atoms with Crippen LogP contribution in [0.2, 0.25) is 0 Å². The highest BCUT2D eigenvalue weighted by atomic mass is 32.2. The lowest BCUT2D eigenvalue weighted by atomic mass is 9.98. The van der Waals surface area contributed by atoms with Crippen LogP contribution in [-0.2, 0) is 23.9 Å². The van der Waals surface area contributed by atoms with Crippen molar-refractivity contribution in [3.63, 3.8) is 0 Å². The Bertz CT molecular complexity index is 1250. The third-order valence-corrected chi connectivity index (χ3v) is 6.44. The number of hydrogen-bond donors (Lipinski definition) is 4. The van der Waals surface area contributed by atoms with Crippen molar-refractivity contribution < 1.29 is 54.1 Å². The molecular formula is C30H36N2O9S. The van der Waals surface area contributed by atoms with E-state index in [1.54, 1.807) is 0 Å². The molecule has 2 aromatic rings. The number of benzene rings is 2. The van der Waals surface area contributed by atoms with Crippen LogP contribution >= 0.6 is 11.8 Å². The van der Waals surface area contributed by atoms with Gasteiger partial charge in [-0.15, -0.1) is 0 Å². The zero-order valence-corrected chi connectivity index (χ0v) is 24.7. The number of nitrogens with one attached hydrogen (secondary N) is 2. The Labute approximate surface area is 249 Å². The van der Waals surface area contributed by atoms with E-state index in [-0.39, 0.29) is 0 Å². The Morgan fingerprint density at radius 1 is 0.738 bits per heavy atom. The average molecular weight is 601 g/mol. The highest BCUT2D eigenvalue weighted by molar-refractivity contribution is 7.99. The van der Waals surface area contributed by atoms with E-state index in [1.165, 1.54) is 36.3 Å². The number of carboxylic acid groups (broad SMARTS) is 4. The topological polar surface area (TPSA) is 173 Å². The first-order valence-corrected chi connectivity index (χ1v) is 13.7. The van der Waals surface area contributed by atoms with Crippen LogP contribution in [0.3, 0.4) is 0 Å². The maximum Gasteiger partial charge on any atom is 0.328 e. The first kappa shape index (κ1) is 35.6. The molecule has 1 heterocycles. The van der Waals surface area contributed by atoms with E-state index in [0.717, 1.165) is 31.9 Å². The average Bonchev–Trinajstić information content (AvgIpc) is 3.04. The lowest BCUT2D eigenvalue weighted by molar-refractivity contribution is -0.858. The normalized spacial score (nSPS) is 12.0. The number of rotatable bonds is 11. The molecule has 1 aliphatic rings. The van der Waals surface area contributed by atoms with Crippen LogP contribution in [0.4, 0.5) is 0 Å². The predicted octanol–water partition coefficient (Wildman–Crippen LogP) is -1.53. The van der Waals surface area contributed by atoms with Crippen LogP contribution in [0, 0.1) is 0 Å². The molecule has 0 atom stereocenters. The predicted molar refractivity (Wildman–Crippen MR) is 153 cm³/mol.